The first kappa shape index (κ1) is 23.0. The van der Waals surface area contributed by atoms with Crippen LogP contribution in [-0.2, 0) is 4.79 Å². The smallest absolute Gasteiger partial charge is 0.228 e. The highest BCUT2D eigenvalue weighted by atomic mass is 32.2. The van der Waals surface area contributed by atoms with E-state index in [2.05, 4.69) is 6.92 Å². The van der Waals surface area contributed by atoms with Crippen molar-refractivity contribution in [3.05, 3.63) is 48.5 Å². The third-order valence-electron chi connectivity index (χ3n) is 4.68. The van der Waals surface area contributed by atoms with Gasteiger partial charge >= 0.3 is 0 Å². The van der Waals surface area contributed by atoms with Crippen LogP contribution < -0.4 is 14.2 Å². The normalized spacial score (nSPS) is 17.1. The Balaban J connectivity index is 1.51. The topological polar surface area (TPSA) is 60.4 Å². The third kappa shape index (κ3) is 6.66. The van der Waals surface area contributed by atoms with Gasteiger partial charge in [-0.2, -0.15) is 0 Å². The summed E-state index contributed by atoms with van der Waals surface area (Å²) in [6, 6.07) is 15.3. The molecule has 0 bridgehead atoms. The van der Waals surface area contributed by atoms with Gasteiger partial charge in [0, 0.05) is 18.2 Å². The number of amidine groups is 1. The molecule has 1 fully saturated rings. The van der Waals surface area contributed by atoms with Crippen LogP contribution in [0.5, 0.6) is 17.2 Å². The molecule has 7 heteroatoms. The zero-order chi connectivity index (χ0) is 22.1. The second kappa shape index (κ2) is 11.6. The minimum atomic E-state index is 0.0810. The first-order valence-electron chi connectivity index (χ1n) is 10.7. The maximum absolute atomic E-state index is 12.9. The summed E-state index contributed by atoms with van der Waals surface area (Å²) < 4.78 is 16.7. The Kier molecular flexibility index (Phi) is 8.64. The number of benzene rings is 2. The van der Waals surface area contributed by atoms with E-state index in [9.17, 15) is 4.79 Å². The molecule has 0 saturated carbocycles. The van der Waals surface area contributed by atoms with Crippen LogP contribution in [0.15, 0.2) is 53.5 Å². The first-order chi connectivity index (χ1) is 15.1. The predicted molar refractivity (Wildman–Crippen MR) is 126 cm³/mol. The number of carbonyl (C=O) groups is 1. The largest absolute Gasteiger partial charge is 0.494 e. The van der Waals surface area contributed by atoms with E-state index in [-0.39, 0.29) is 11.9 Å². The number of hydrogen-bond donors (Lipinski definition) is 0. The molecule has 2 aromatic rings. The molecular formula is C24H30N2O4S. The molecule has 1 amide bonds. The summed E-state index contributed by atoms with van der Waals surface area (Å²) in [5.74, 6) is 3.35. The zero-order valence-corrected chi connectivity index (χ0v) is 19.2. The highest BCUT2D eigenvalue weighted by molar-refractivity contribution is 8.14. The molecule has 31 heavy (non-hydrogen) atoms. The van der Waals surface area contributed by atoms with Crippen LogP contribution in [0.3, 0.4) is 0 Å². The van der Waals surface area contributed by atoms with E-state index in [0.29, 0.717) is 32.7 Å². The van der Waals surface area contributed by atoms with Crippen molar-refractivity contribution < 1.29 is 19.0 Å². The average Bonchev–Trinajstić information content (AvgIpc) is 3.14. The summed E-state index contributed by atoms with van der Waals surface area (Å²) in [6.07, 6.45) is 1.07. The molecule has 0 aliphatic carbocycles. The van der Waals surface area contributed by atoms with Crippen molar-refractivity contribution in [2.75, 3.05) is 25.6 Å². The molecule has 166 valence electrons. The molecule has 1 atom stereocenters. The average molecular weight is 443 g/mol. The van der Waals surface area contributed by atoms with Gasteiger partial charge in [-0.3, -0.25) is 9.69 Å². The van der Waals surface area contributed by atoms with Crippen LogP contribution >= 0.6 is 11.8 Å². The highest BCUT2D eigenvalue weighted by Crippen LogP contribution is 2.29. The summed E-state index contributed by atoms with van der Waals surface area (Å²) in [4.78, 5) is 19.4. The number of nitrogens with zero attached hydrogens (tertiary/aromatic N) is 2. The lowest BCUT2D eigenvalue weighted by Crippen LogP contribution is -2.37. The van der Waals surface area contributed by atoms with Crippen LogP contribution in [0.2, 0.25) is 0 Å². The Morgan fingerprint density at radius 3 is 2.10 bits per heavy atom. The van der Waals surface area contributed by atoms with Crippen molar-refractivity contribution in [3.63, 3.8) is 0 Å². The van der Waals surface area contributed by atoms with Gasteiger partial charge in [0.15, 0.2) is 5.17 Å². The monoisotopic (exact) mass is 442 g/mol. The number of carbonyl (C=O) groups excluding carboxylic acids is 1. The van der Waals surface area contributed by atoms with Gasteiger partial charge in [0.2, 0.25) is 5.91 Å². The summed E-state index contributed by atoms with van der Waals surface area (Å²) in [5.41, 5.74) is 0.816. The summed E-state index contributed by atoms with van der Waals surface area (Å²) in [7, 11) is 0. The quantitative estimate of drug-likeness (QED) is 0.468. The van der Waals surface area contributed by atoms with Gasteiger partial charge in [0.25, 0.3) is 0 Å². The van der Waals surface area contributed by atoms with Gasteiger partial charge < -0.3 is 14.2 Å². The van der Waals surface area contributed by atoms with Gasteiger partial charge in [-0.1, -0.05) is 11.8 Å². The predicted octanol–water partition coefficient (Wildman–Crippen LogP) is 5.29. The number of aliphatic imine (C=N–C) groups is 1. The standard InChI is InChI=1S/C24H30N2O4S/c1-4-28-20-10-8-19(9-11-20)25-24-26(18(3)17-31-24)23(27)7-6-16-30-22-14-12-21(13-15-22)29-5-2/h8-15,18H,4-7,16-17H2,1-3H3/t18-/m1/s1. The number of amides is 1. The number of hydrogen-bond acceptors (Lipinski definition) is 6. The van der Waals surface area contributed by atoms with Crippen molar-refractivity contribution in [2.45, 2.75) is 39.7 Å². The van der Waals surface area contributed by atoms with Gasteiger partial charge in [-0.05, 0) is 75.7 Å². The molecule has 2 aromatic carbocycles. The summed E-state index contributed by atoms with van der Waals surface area (Å²) in [5, 5.41) is 0.758. The van der Waals surface area contributed by atoms with Crippen LogP contribution in [0.1, 0.15) is 33.6 Å². The van der Waals surface area contributed by atoms with E-state index in [4.69, 9.17) is 19.2 Å². The maximum atomic E-state index is 12.9. The molecule has 6 nitrogen and oxygen atoms in total. The maximum Gasteiger partial charge on any atom is 0.228 e. The molecule has 3 rings (SSSR count). The van der Waals surface area contributed by atoms with Crippen molar-refractivity contribution in [3.8, 4) is 17.2 Å². The van der Waals surface area contributed by atoms with E-state index in [1.807, 2.05) is 67.3 Å². The molecule has 1 saturated heterocycles. The summed E-state index contributed by atoms with van der Waals surface area (Å²) >= 11 is 1.62. The van der Waals surface area contributed by atoms with E-state index in [1.165, 1.54) is 0 Å². The van der Waals surface area contributed by atoms with Crippen LogP contribution in [0.25, 0.3) is 0 Å². The van der Waals surface area contributed by atoms with E-state index >= 15 is 0 Å². The number of ether oxygens (including phenoxy) is 3. The van der Waals surface area contributed by atoms with Crippen LogP contribution in [0, 0.1) is 0 Å². The molecule has 0 spiro atoms. The molecular weight excluding hydrogens is 412 g/mol. The molecule has 1 aliphatic heterocycles. The fourth-order valence-electron chi connectivity index (χ4n) is 3.19. The van der Waals surface area contributed by atoms with Crippen molar-refractivity contribution >= 4 is 28.5 Å². The van der Waals surface area contributed by atoms with Gasteiger partial charge in [-0.15, -0.1) is 0 Å². The Bertz CT molecular complexity index is 868. The fourth-order valence-corrected chi connectivity index (χ4v) is 4.32. The zero-order valence-electron chi connectivity index (χ0n) is 18.4. The van der Waals surface area contributed by atoms with E-state index in [0.717, 1.165) is 33.9 Å². The first-order valence-corrected chi connectivity index (χ1v) is 11.7. The van der Waals surface area contributed by atoms with Crippen molar-refractivity contribution in [2.24, 2.45) is 4.99 Å². The fraction of sp³-hybridized carbons (Fsp3) is 0.417. The Morgan fingerprint density at radius 1 is 0.968 bits per heavy atom. The SMILES string of the molecule is CCOc1ccc(N=C2SC[C@@H](C)N2C(=O)CCCOc2ccc(OCC)cc2)cc1. The van der Waals surface area contributed by atoms with Gasteiger partial charge in [-0.25, -0.2) is 4.99 Å². The van der Waals surface area contributed by atoms with E-state index < -0.39 is 0 Å². The number of rotatable bonds is 10. The van der Waals surface area contributed by atoms with Crippen molar-refractivity contribution in [1.82, 2.24) is 4.90 Å². The van der Waals surface area contributed by atoms with Crippen LogP contribution in [0.4, 0.5) is 5.69 Å². The summed E-state index contributed by atoms with van der Waals surface area (Å²) in [6.45, 7) is 7.72. The minimum absolute atomic E-state index is 0.0810. The molecule has 1 aliphatic rings. The van der Waals surface area contributed by atoms with Crippen molar-refractivity contribution in [1.29, 1.82) is 0 Å². The molecule has 0 aromatic heterocycles. The molecule has 1 heterocycles. The second-order valence-electron chi connectivity index (χ2n) is 7.10. The lowest BCUT2D eigenvalue weighted by Gasteiger charge is -2.21. The lowest BCUT2D eigenvalue weighted by molar-refractivity contribution is -0.128. The highest BCUT2D eigenvalue weighted by Gasteiger charge is 2.31. The third-order valence-corrected chi connectivity index (χ3v) is 5.88. The molecule has 0 N–H and O–H groups in total. The van der Waals surface area contributed by atoms with Crippen LogP contribution in [-0.4, -0.2) is 47.6 Å². The Morgan fingerprint density at radius 2 is 1.52 bits per heavy atom. The Labute approximate surface area is 188 Å². The van der Waals surface area contributed by atoms with E-state index in [1.54, 1.807) is 11.8 Å². The molecule has 0 radical (unpaired) electrons. The minimum Gasteiger partial charge on any atom is -0.494 e. The number of thioether (sulfide) groups is 1. The lowest BCUT2D eigenvalue weighted by atomic mass is 10.2. The van der Waals surface area contributed by atoms with Gasteiger partial charge in [0.05, 0.1) is 25.5 Å². The van der Waals surface area contributed by atoms with Gasteiger partial charge in [0.1, 0.15) is 17.2 Å². The second-order valence-corrected chi connectivity index (χ2v) is 8.09. The Hall–Kier alpha value is -2.67. The molecule has 0 unspecified atom stereocenters.